The Morgan fingerprint density at radius 2 is 2.29 bits per heavy atom. The van der Waals surface area contributed by atoms with Gasteiger partial charge in [-0.2, -0.15) is 0 Å². The van der Waals surface area contributed by atoms with E-state index < -0.39 is 0 Å². The molecule has 1 atom stereocenters. The molecular formula is C11H12ClNO. The zero-order valence-electron chi connectivity index (χ0n) is 8.25. The van der Waals surface area contributed by atoms with Gasteiger partial charge < -0.3 is 4.90 Å². The molecule has 2 nitrogen and oxygen atoms in total. The molecule has 0 fully saturated rings. The molecule has 14 heavy (non-hydrogen) atoms. The molecule has 1 aliphatic heterocycles. The van der Waals surface area contributed by atoms with Gasteiger partial charge in [-0.05, 0) is 37.1 Å². The number of nitrogens with zero attached hydrogens (tertiary/aromatic N) is 1. The normalized spacial score (nSPS) is 19.6. The molecule has 1 amide bonds. The molecule has 1 aromatic carbocycles. The highest BCUT2D eigenvalue weighted by Gasteiger charge is 2.28. The second kappa shape index (κ2) is 3.28. The number of halogens is 1. The monoisotopic (exact) mass is 209 g/mol. The van der Waals surface area contributed by atoms with Crippen molar-refractivity contribution >= 4 is 23.2 Å². The van der Waals surface area contributed by atoms with Crippen molar-refractivity contribution in [2.24, 2.45) is 0 Å². The average molecular weight is 210 g/mol. The van der Waals surface area contributed by atoms with Crippen LogP contribution in [0.25, 0.3) is 0 Å². The maximum absolute atomic E-state index is 11.4. The van der Waals surface area contributed by atoms with Crippen molar-refractivity contribution in [3.8, 4) is 0 Å². The molecule has 74 valence electrons. The van der Waals surface area contributed by atoms with Crippen LogP contribution in [0, 0.1) is 0 Å². The molecule has 0 bridgehead atoms. The van der Waals surface area contributed by atoms with Gasteiger partial charge in [0.05, 0.1) is 0 Å². The molecule has 0 aromatic heterocycles. The molecule has 3 heteroatoms. The van der Waals surface area contributed by atoms with Crippen LogP contribution in [0.2, 0.25) is 5.02 Å². The number of carbonyl (C=O) groups excluding carboxylic acids is 1. The Labute approximate surface area is 88.5 Å². The Kier molecular flexibility index (Phi) is 2.23. The number of hydrogen-bond acceptors (Lipinski definition) is 1. The van der Waals surface area contributed by atoms with Crippen molar-refractivity contribution < 1.29 is 4.79 Å². The predicted octanol–water partition coefficient (Wildman–Crippen LogP) is 2.64. The van der Waals surface area contributed by atoms with Gasteiger partial charge in [0.25, 0.3) is 0 Å². The lowest BCUT2D eigenvalue weighted by molar-refractivity contribution is -0.116. The highest BCUT2D eigenvalue weighted by Crippen LogP contribution is 2.33. The van der Waals surface area contributed by atoms with Gasteiger partial charge >= 0.3 is 0 Å². The fraction of sp³-hybridized carbons (Fsp3) is 0.364. The van der Waals surface area contributed by atoms with E-state index in [4.69, 9.17) is 11.6 Å². The summed E-state index contributed by atoms with van der Waals surface area (Å²) in [7, 11) is 0. The van der Waals surface area contributed by atoms with Crippen molar-refractivity contribution in [3.63, 3.8) is 0 Å². The summed E-state index contributed by atoms with van der Waals surface area (Å²) in [5.74, 6) is 0.0959. The maximum atomic E-state index is 11.4. The first-order valence-corrected chi connectivity index (χ1v) is 5.05. The van der Waals surface area contributed by atoms with Crippen LogP contribution in [0.4, 0.5) is 5.69 Å². The lowest BCUT2D eigenvalue weighted by Crippen LogP contribution is -2.33. The van der Waals surface area contributed by atoms with Crippen LogP contribution < -0.4 is 4.90 Å². The second-order valence-electron chi connectivity index (χ2n) is 3.72. The van der Waals surface area contributed by atoms with Gasteiger partial charge in [-0.25, -0.2) is 0 Å². The van der Waals surface area contributed by atoms with E-state index in [1.807, 2.05) is 23.1 Å². The van der Waals surface area contributed by atoms with Crippen LogP contribution in [-0.4, -0.2) is 11.9 Å². The minimum atomic E-state index is 0.0959. The van der Waals surface area contributed by atoms with Crippen molar-refractivity contribution in [1.82, 2.24) is 0 Å². The smallest absolute Gasteiger partial charge is 0.224 e. The van der Waals surface area contributed by atoms with E-state index in [1.54, 1.807) is 6.92 Å². The molecule has 2 rings (SSSR count). The average Bonchev–Trinajstić information content (AvgIpc) is 2.39. The molecule has 1 unspecified atom stereocenters. The summed E-state index contributed by atoms with van der Waals surface area (Å²) < 4.78 is 0. The molecule has 0 aliphatic carbocycles. The zero-order valence-corrected chi connectivity index (χ0v) is 9.01. The van der Waals surface area contributed by atoms with Crippen molar-refractivity contribution in [3.05, 3.63) is 28.8 Å². The highest BCUT2D eigenvalue weighted by molar-refractivity contribution is 6.30. The molecule has 0 radical (unpaired) electrons. The number of fused-ring (bicyclic) bond motifs is 1. The Balaban J connectivity index is 2.48. The summed E-state index contributed by atoms with van der Waals surface area (Å²) in [5, 5.41) is 0.737. The standard InChI is InChI=1S/C11H12ClNO/c1-7-5-9-6-10(12)3-4-11(9)13(7)8(2)14/h3-4,6-7H,5H2,1-2H3. The van der Waals surface area contributed by atoms with Crippen LogP contribution in [0.5, 0.6) is 0 Å². The van der Waals surface area contributed by atoms with Crippen molar-refractivity contribution in [2.75, 3.05) is 4.90 Å². The second-order valence-corrected chi connectivity index (χ2v) is 4.15. The van der Waals surface area contributed by atoms with E-state index in [9.17, 15) is 4.79 Å². The topological polar surface area (TPSA) is 20.3 Å². The molecule has 1 heterocycles. The first kappa shape index (κ1) is 9.53. The van der Waals surface area contributed by atoms with Crippen LogP contribution in [0.3, 0.4) is 0 Å². The van der Waals surface area contributed by atoms with Crippen molar-refractivity contribution in [2.45, 2.75) is 26.3 Å². The molecule has 0 saturated carbocycles. The molecule has 0 N–H and O–H groups in total. The van der Waals surface area contributed by atoms with Gasteiger partial charge in [-0.3, -0.25) is 4.79 Å². The SMILES string of the molecule is CC(=O)N1c2ccc(Cl)cc2CC1C. The third-order valence-electron chi connectivity index (χ3n) is 2.60. The number of amides is 1. The van der Waals surface area contributed by atoms with E-state index in [1.165, 1.54) is 5.56 Å². The van der Waals surface area contributed by atoms with Gasteiger partial charge in [0.2, 0.25) is 5.91 Å². The molecule has 0 saturated heterocycles. The maximum Gasteiger partial charge on any atom is 0.224 e. The van der Waals surface area contributed by atoms with E-state index >= 15 is 0 Å². The summed E-state index contributed by atoms with van der Waals surface area (Å²) in [4.78, 5) is 13.2. The molecular weight excluding hydrogens is 198 g/mol. The van der Waals surface area contributed by atoms with Crippen LogP contribution in [-0.2, 0) is 11.2 Å². The van der Waals surface area contributed by atoms with Crippen LogP contribution >= 0.6 is 11.6 Å². The van der Waals surface area contributed by atoms with E-state index in [0.29, 0.717) is 0 Å². The van der Waals surface area contributed by atoms with Crippen molar-refractivity contribution in [1.29, 1.82) is 0 Å². The van der Waals surface area contributed by atoms with Crippen LogP contribution in [0.15, 0.2) is 18.2 Å². The van der Waals surface area contributed by atoms with E-state index in [0.717, 1.165) is 17.1 Å². The number of hydrogen-bond donors (Lipinski definition) is 0. The van der Waals surface area contributed by atoms with Gasteiger partial charge in [0.15, 0.2) is 0 Å². The fourth-order valence-corrected chi connectivity index (χ4v) is 2.27. The highest BCUT2D eigenvalue weighted by atomic mass is 35.5. The Morgan fingerprint density at radius 3 is 2.93 bits per heavy atom. The first-order valence-electron chi connectivity index (χ1n) is 4.68. The molecule has 1 aromatic rings. The quantitative estimate of drug-likeness (QED) is 0.643. The van der Waals surface area contributed by atoms with E-state index in [2.05, 4.69) is 6.92 Å². The third kappa shape index (κ3) is 1.40. The molecule has 0 spiro atoms. The summed E-state index contributed by atoms with van der Waals surface area (Å²) in [5.41, 5.74) is 2.18. The minimum Gasteiger partial charge on any atom is -0.309 e. The van der Waals surface area contributed by atoms with Gasteiger partial charge in [-0.15, -0.1) is 0 Å². The summed E-state index contributed by atoms with van der Waals surface area (Å²) in [6, 6.07) is 5.94. The lowest BCUT2D eigenvalue weighted by atomic mass is 10.1. The summed E-state index contributed by atoms with van der Waals surface area (Å²) >= 11 is 5.89. The van der Waals surface area contributed by atoms with E-state index in [-0.39, 0.29) is 11.9 Å². The minimum absolute atomic E-state index is 0.0959. The van der Waals surface area contributed by atoms with Gasteiger partial charge in [0, 0.05) is 23.7 Å². The third-order valence-corrected chi connectivity index (χ3v) is 2.83. The largest absolute Gasteiger partial charge is 0.309 e. The summed E-state index contributed by atoms with van der Waals surface area (Å²) in [6.07, 6.45) is 0.898. The Morgan fingerprint density at radius 1 is 1.57 bits per heavy atom. The Hall–Kier alpha value is -1.02. The van der Waals surface area contributed by atoms with Crippen LogP contribution in [0.1, 0.15) is 19.4 Å². The number of rotatable bonds is 0. The Bertz CT molecular complexity index is 389. The fourth-order valence-electron chi connectivity index (χ4n) is 2.08. The zero-order chi connectivity index (χ0) is 10.3. The lowest BCUT2D eigenvalue weighted by Gasteiger charge is -2.20. The first-order chi connectivity index (χ1) is 6.59. The number of anilines is 1. The predicted molar refractivity (Wildman–Crippen MR) is 57.8 cm³/mol. The number of carbonyl (C=O) groups is 1. The van der Waals surface area contributed by atoms with Gasteiger partial charge in [-0.1, -0.05) is 11.6 Å². The van der Waals surface area contributed by atoms with Gasteiger partial charge in [0.1, 0.15) is 0 Å². The number of benzene rings is 1. The summed E-state index contributed by atoms with van der Waals surface area (Å²) in [6.45, 7) is 3.65. The molecule has 1 aliphatic rings.